The van der Waals surface area contributed by atoms with Gasteiger partial charge in [0.25, 0.3) is 0 Å². The molecule has 0 amide bonds. The maximum Gasteiger partial charge on any atom is 0.184 e. The molecule has 1 N–H and O–H groups in total. The van der Waals surface area contributed by atoms with Gasteiger partial charge in [-0.1, -0.05) is 5.16 Å². The SMILES string of the molecule is CN[C@H]1CC(Br)=NO1. The topological polar surface area (TPSA) is 33.6 Å². The summed E-state index contributed by atoms with van der Waals surface area (Å²) in [4.78, 5) is 4.84. The van der Waals surface area contributed by atoms with Crippen molar-refractivity contribution in [3.8, 4) is 0 Å². The summed E-state index contributed by atoms with van der Waals surface area (Å²) in [5, 5.41) is 6.59. The van der Waals surface area contributed by atoms with Crippen LogP contribution in [0, 0.1) is 0 Å². The van der Waals surface area contributed by atoms with Crippen molar-refractivity contribution in [2.45, 2.75) is 12.6 Å². The smallest absolute Gasteiger partial charge is 0.184 e. The molecule has 0 spiro atoms. The highest BCUT2D eigenvalue weighted by molar-refractivity contribution is 9.18. The molecule has 8 heavy (non-hydrogen) atoms. The third kappa shape index (κ3) is 1.20. The summed E-state index contributed by atoms with van der Waals surface area (Å²) >= 11 is 3.20. The zero-order chi connectivity index (χ0) is 5.98. The lowest BCUT2D eigenvalue weighted by Gasteiger charge is -2.02. The van der Waals surface area contributed by atoms with Crippen LogP contribution in [0.5, 0.6) is 0 Å². The van der Waals surface area contributed by atoms with Crippen molar-refractivity contribution in [3.63, 3.8) is 0 Å². The molecule has 46 valence electrons. The van der Waals surface area contributed by atoms with Gasteiger partial charge in [-0.25, -0.2) is 0 Å². The Morgan fingerprint density at radius 1 is 2.00 bits per heavy atom. The average molecular weight is 179 g/mol. The summed E-state index contributed by atoms with van der Waals surface area (Å²) in [6, 6.07) is 0. The molecular weight excluding hydrogens is 172 g/mol. The first-order chi connectivity index (χ1) is 3.83. The number of hydrogen-bond donors (Lipinski definition) is 1. The predicted molar refractivity (Wildman–Crippen MR) is 34.9 cm³/mol. The van der Waals surface area contributed by atoms with E-state index >= 15 is 0 Å². The second-order valence-corrected chi connectivity index (χ2v) is 2.47. The van der Waals surface area contributed by atoms with Crippen molar-refractivity contribution in [2.75, 3.05) is 7.05 Å². The van der Waals surface area contributed by atoms with Crippen LogP contribution in [-0.4, -0.2) is 17.9 Å². The predicted octanol–water partition coefficient (Wildman–Crippen LogP) is 0.661. The minimum atomic E-state index is 0.0735. The van der Waals surface area contributed by atoms with Crippen LogP contribution in [0.3, 0.4) is 0 Å². The van der Waals surface area contributed by atoms with E-state index in [1.807, 2.05) is 7.05 Å². The normalized spacial score (nSPS) is 27.2. The first-order valence-electron chi connectivity index (χ1n) is 2.38. The molecule has 1 heterocycles. The van der Waals surface area contributed by atoms with Gasteiger partial charge in [-0.2, -0.15) is 0 Å². The van der Waals surface area contributed by atoms with Crippen molar-refractivity contribution < 1.29 is 4.84 Å². The third-order valence-corrected chi connectivity index (χ3v) is 1.42. The summed E-state index contributed by atoms with van der Waals surface area (Å²) in [7, 11) is 1.84. The second kappa shape index (κ2) is 2.46. The van der Waals surface area contributed by atoms with Crippen molar-refractivity contribution >= 4 is 20.6 Å². The molecule has 4 heteroatoms. The first-order valence-corrected chi connectivity index (χ1v) is 3.17. The molecule has 1 aliphatic rings. The van der Waals surface area contributed by atoms with E-state index in [0.717, 1.165) is 11.0 Å². The van der Waals surface area contributed by atoms with Gasteiger partial charge >= 0.3 is 0 Å². The second-order valence-electron chi connectivity index (χ2n) is 1.55. The molecule has 1 rings (SSSR count). The lowest BCUT2D eigenvalue weighted by Crippen LogP contribution is -2.23. The highest BCUT2D eigenvalue weighted by Crippen LogP contribution is 2.10. The van der Waals surface area contributed by atoms with Crippen LogP contribution >= 0.6 is 15.9 Å². The van der Waals surface area contributed by atoms with Crippen molar-refractivity contribution in [1.82, 2.24) is 5.32 Å². The minimum Gasteiger partial charge on any atom is -0.375 e. The molecule has 0 unspecified atom stereocenters. The lowest BCUT2D eigenvalue weighted by molar-refractivity contribution is 0.0662. The molecule has 0 radical (unpaired) electrons. The number of nitrogens with one attached hydrogen (secondary N) is 1. The molecular formula is C4H7BrN2O. The highest BCUT2D eigenvalue weighted by Gasteiger charge is 2.15. The van der Waals surface area contributed by atoms with Crippen molar-refractivity contribution in [2.24, 2.45) is 5.16 Å². The molecule has 1 atom stereocenters. The fraction of sp³-hybridized carbons (Fsp3) is 0.750. The Hall–Kier alpha value is -0.0900. The number of halogens is 1. The Balaban J connectivity index is 2.32. The molecule has 0 aliphatic carbocycles. The number of oxime groups is 1. The summed E-state index contributed by atoms with van der Waals surface area (Å²) in [6.45, 7) is 0. The molecule has 0 saturated carbocycles. The molecule has 0 aromatic heterocycles. The number of hydrogen-bond acceptors (Lipinski definition) is 3. The van der Waals surface area contributed by atoms with E-state index in [4.69, 9.17) is 4.84 Å². The maximum atomic E-state index is 4.84. The van der Waals surface area contributed by atoms with Gasteiger partial charge in [-0.15, -0.1) is 0 Å². The zero-order valence-electron chi connectivity index (χ0n) is 4.52. The third-order valence-electron chi connectivity index (χ3n) is 0.955. The first kappa shape index (κ1) is 6.04. The molecule has 0 aromatic carbocycles. The Kier molecular flexibility index (Phi) is 1.85. The average Bonchev–Trinajstić information content (AvgIpc) is 2.14. The van der Waals surface area contributed by atoms with Crippen LogP contribution in [0.1, 0.15) is 6.42 Å². The summed E-state index contributed by atoms with van der Waals surface area (Å²) < 4.78 is 0.872. The summed E-state index contributed by atoms with van der Waals surface area (Å²) in [6.07, 6.45) is 0.903. The fourth-order valence-corrected chi connectivity index (χ4v) is 0.881. The van der Waals surface area contributed by atoms with Crippen LogP contribution < -0.4 is 5.32 Å². The standard InChI is InChI=1S/C4H7BrN2O/c1-6-4-2-3(5)7-8-4/h4,6H,2H2,1H3/t4-/m1/s1. The van der Waals surface area contributed by atoms with Gasteiger partial charge in [-0.05, 0) is 23.0 Å². The fourth-order valence-electron chi connectivity index (χ4n) is 0.503. The Morgan fingerprint density at radius 2 is 2.75 bits per heavy atom. The van der Waals surface area contributed by atoms with E-state index < -0.39 is 0 Å². The Labute approximate surface area is 56.2 Å². The highest BCUT2D eigenvalue weighted by atomic mass is 79.9. The van der Waals surface area contributed by atoms with Gasteiger partial charge in [-0.3, -0.25) is 5.32 Å². The molecule has 0 bridgehead atoms. The van der Waals surface area contributed by atoms with Gasteiger partial charge in [0.15, 0.2) is 6.23 Å². The minimum absolute atomic E-state index is 0.0735. The Bertz CT molecular complexity index is 115. The molecule has 3 nitrogen and oxygen atoms in total. The van der Waals surface area contributed by atoms with Crippen molar-refractivity contribution in [3.05, 3.63) is 0 Å². The van der Waals surface area contributed by atoms with E-state index in [-0.39, 0.29) is 6.23 Å². The van der Waals surface area contributed by atoms with Gasteiger partial charge in [0.05, 0.1) is 6.42 Å². The van der Waals surface area contributed by atoms with Gasteiger partial charge in [0, 0.05) is 0 Å². The monoisotopic (exact) mass is 178 g/mol. The van der Waals surface area contributed by atoms with Crippen LogP contribution in [0.15, 0.2) is 5.16 Å². The number of rotatable bonds is 1. The molecule has 1 aliphatic heterocycles. The van der Waals surface area contributed by atoms with Crippen LogP contribution in [0.25, 0.3) is 0 Å². The summed E-state index contributed by atoms with van der Waals surface area (Å²) in [5.41, 5.74) is 0. The quantitative estimate of drug-likeness (QED) is 0.641. The molecule has 0 fully saturated rings. The lowest BCUT2D eigenvalue weighted by atomic mass is 10.4. The van der Waals surface area contributed by atoms with Gasteiger partial charge < -0.3 is 4.84 Å². The van der Waals surface area contributed by atoms with E-state index in [1.54, 1.807) is 0 Å². The van der Waals surface area contributed by atoms with Crippen LogP contribution in [0.2, 0.25) is 0 Å². The van der Waals surface area contributed by atoms with Gasteiger partial charge in [0.2, 0.25) is 0 Å². The zero-order valence-corrected chi connectivity index (χ0v) is 6.10. The molecule has 0 aromatic rings. The van der Waals surface area contributed by atoms with Crippen LogP contribution in [-0.2, 0) is 4.84 Å². The Morgan fingerprint density at radius 3 is 3.00 bits per heavy atom. The van der Waals surface area contributed by atoms with E-state index in [0.29, 0.717) is 0 Å². The van der Waals surface area contributed by atoms with Crippen molar-refractivity contribution in [1.29, 1.82) is 0 Å². The van der Waals surface area contributed by atoms with E-state index in [9.17, 15) is 0 Å². The molecule has 0 saturated heterocycles. The van der Waals surface area contributed by atoms with Crippen LogP contribution in [0.4, 0.5) is 0 Å². The maximum absolute atomic E-state index is 4.84. The largest absolute Gasteiger partial charge is 0.375 e. The van der Waals surface area contributed by atoms with Gasteiger partial charge in [0.1, 0.15) is 4.62 Å². The number of nitrogens with zero attached hydrogens (tertiary/aromatic N) is 1. The van der Waals surface area contributed by atoms with E-state index in [1.165, 1.54) is 0 Å². The summed E-state index contributed by atoms with van der Waals surface area (Å²) in [5.74, 6) is 0. The van der Waals surface area contributed by atoms with E-state index in [2.05, 4.69) is 26.4 Å².